The zero-order valence-electron chi connectivity index (χ0n) is 3.42. The van der Waals surface area contributed by atoms with Crippen molar-refractivity contribution in [2.24, 2.45) is 0 Å². The number of aromatic nitrogens is 2. The lowest BCUT2D eigenvalue weighted by atomic mass is 10.9. The Balaban J connectivity index is 3.04. The first-order valence-corrected chi connectivity index (χ1v) is 2.16. The van der Waals surface area contributed by atoms with E-state index in [9.17, 15) is 0 Å². The molecule has 3 nitrogen and oxygen atoms in total. The molecule has 0 aliphatic carbocycles. The average Bonchev–Trinajstić information content (AvgIpc) is 1.87. The van der Waals surface area contributed by atoms with Crippen LogP contribution >= 0.6 is 12.6 Å². The van der Waals surface area contributed by atoms with Crippen LogP contribution in [-0.2, 0) is 0 Å². The zero-order chi connectivity index (χ0) is 5.28. The van der Waals surface area contributed by atoms with Crippen molar-refractivity contribution in [1.29, 1.82) is 0 Å². The average molecular weight is 116 g/mol. The van der Waals surface area contributed by atoms with Gasteiger partial charge in [0.15, 0.2) is 5.16 Å². The highest BCUT2D eigenvalue weighted by Gasteiger charge is 1.87. The standard InChI is InChI=1S/C3H4N2OS/c6-2-1-4-3(7)5-2/h1,6H,(H2,4,5,7). The van der Waals surface area contributed by atoms with Gasteiger partial charge in [-0.05, 0) is 0 Å². The molecular weight excluding hydrogens is 112 g/mol. The van der Waals surface area contributed by atoms with E-state index < -0.39 is 0 Å². The summed E-state index contributed by atoms with van der Waals surface area (Å²) >= 11 is 3.78. The molecule has 0 saturated carbocycles. The third-order valence-corrected chi connectivity index (χ3v) is 0.776. The van der Waals surface area contributed by atoms with Gasteiger partial charge in [-0.3, -0.25) is 0 Å². The van der Waals surface area contributed by atoms with Crippen molar-refractivity contribution in [3.8, 4) is 5.88 Å². The minimum Gasteiger partial charge on any atom is -0.493 e. The highest BCUT2D eigenvalue weighted by molar-refractivity contribution is 7.80. The van der Waals surface area contributed by atoms with Crippen LogP contribution in [0.1, 0.15) is 0 Å². The molecule has 0 saturated heterocycles. The molecule has 4 heteroatoms. The van der Waals surface area contributed by atoms with Gasteiger partial charge in [0, 0.05) is 0 Å². The number of nitrogens with one attached hydrogen (secondary N) is 1. The van der Waals surface area contributed by atoms with Gasteiger partial charge in [0.2, 0.25) is 5.88 Å². The van der Waals surface area contributed by atoms with Crippen molar-refractivity contribution in [3.05, 3.63) is 6.20 Å². The lowest BCUT2D eigenvalue weighted by Crippen LogP contribution is -1.61. The number of rotatable bonds is 0. The van der Waals surface area contributed by atoms with Gasteiger partial charge in [-0.25, -0.2) is 4.98 Å². The van der Waals surface area contributed by atoms with Crippen LogP contribution in [0.25, 0.3) is 0 Å². The number of aromatic hydroxyl groups is 1. The van der Waals surface area contributed by atoms with Crippen molar-refractivity contribution in [3.63, 3.8) is 0 Å². The van der Waals surface area contributed by atoms with Crippen LogP contribution in [0.15, 0.2) is 11.4 Å². The Labute approximate surface area is 45.8 Å². The number of hydrogen-bond acceptors (Lipinski definition) is 3. The van der Waals surface area contributed by atoms with E-state index in [0.717, 1.165) is 0 Å². The zero-order valence-corrected chi connectivity index (χ0v) is 4.31. The normalized spacial score (nSPS) is 9.29. The van der Waals surface area contributed by atoms with E-state index in [1.807, 2.05) is 0 Å². The Morgan fingerprint density at radius 3 is 2.71 bits per heavy atom. The molecular formula is C3H4N2OS. The highest BCUT2D eigenvalue weighted by atomic mass is 32.1. The van der Waals surface area contributed by atoms with E-state index in [1.165, 1.54) is 6.20 Å². The number of hydrogen-bond donors (Lipinski definition) is 3. The molecule has 0 aliphatic heterocycles. The summed E-state index contributed by atoms with van der Waals surface area (Å²) in [6, 6.07) is 0. The molecule has 7 heavy (non-hydrogen) atoms. The van der Waals surface area contributed by atoms with Gasteiger partial charge in [0.25, 0.3) is 0 Å². The third kappa shape index (κ3) is 0.866. The molecule has 0 atom stereocenters. The molecule has 0 radical (unpaired) electrons. The van der Waals surface area contributed by atoms with Gasteiger partial charge in [0.1, 0.15) is 0 Å². The SMILES string of the molecule is Oc1cnc(S)[nH]1. The molecule has 38 valence electrons. The van der Waals surface area contributed by atoms with Crippen LogP contribution in [0.4, 0.5) is 0 Å². The predicted octanol–water partition coefficient (Wildman–Crippen LogP) is 0.404. The second-order valence-electron chi connectivity index (χ2n) is 1.09. The molecule has 0 amide bonds. The Morgan fingerprint density at radius 2 is 2.57 bits per heavy atom. The fraction of sp³-hybridized carbons (Fsp3) is 0. The number of H-pyrrole nitrogens is 1. The molecule has 1 rings (SSSR count). The summed E-state index contributed by atoms with van der Waals surface area (Å²) in [6.07, 6.45) is 1.29. The summed E-state index contributed by atoms with van der Waals surface area (Å²) in [5.41, 5.74) is 0. The van der Waals surface area contributed by atoms with Crippen molar-refractivity contribution in [2.75, 3.05) is 0 Å². The first-order valence-electron chi connectivity index (χ1n) is 1.72. The van der Waals surface area contributed by atoms with Gasteiger partial charge < -0.3 is 10.1 Å². The van der Waals surface area contributed by atoms with Crippen molar-refractivity contribution >= 4 is 12.6 Å². The topological polar surface area (TPSA) is 48.9 Å². The highest BCUT2D eigenvalue weighted by Crippen LogP contribution is 2.04. The minimum absolute atomic E-state index is 0.0463. The molecule has 0 aromatic carbocycles. The maximum Gasteiger partial charge on any atom is 0.209 e. The monoisotopic (exact) mass is 116 g/mol. The van der Waals surface area contributed by atoms with Crippen molar-refractivity contribution in [2.45, 2.75) is 5.16 Å². The van der Waals surface area contributed by atoms with Crippen LogP contribution in [0, 0.1) is 0 Å². The predicted molar refractivity (Wildman–Crippen MR) is 27.5 cm³/mol. The first-order chi connectivity index (χ1) is 3.29. The van der Waals surface area contributed by atoms with E-state index in [2.05, 4.69) is 22.6 Å². The minimum atomic E-state index is 0.0463. The quantitative estimate of drug-likeness (QED) is 0.430. The van der Waals surface area contributed by atoms with Crippen molar-refractivity contribution < 1.29 is 5.11 Å². The molecule has 1 aromatic rings. The van der Waals surface area contributed by atoms with Gasteiger partial charge >= 0.3 is 0 Å². The number of thiol groups is 1. The molecule has 0 spiro atoms. The molecule has 0 aliphatic rings. The summed E-state index contributed by atoms with van der Waals surface area (Å²) in [5.74, 6) is 0.0463. The maximum absolute atomic E-state index is 8.49. The van der Waals surface area contributed by atoms with Crippen LogP contribution in [0.2, 0.25) is 0 Å². The lowest BCUT2D eigenvalue weighted by Gasteiger charge is -1.73. The maximum atomic E-state index is 8.49. The molecule has 1 aromatic heterocycles. The summed E-state index contributed by atoms with van der Waals surface area (Å²) in [4.78, 5) is 6.02. The van der Waals surface area contributed by atoms with E-state index >= 15 is 0 Å². The Hall–Kier alpha value is -0.640. The molecule has 0 unspecified atom stereocenters. The molecule has 0 fully saturated rings. The number of imidazole rings is 1. The second kappa shape index (κ2) is 1.46. The molecule has 1 heterocycles. The number of nitrogens with zero attached hydrogens (tertiary/aromatic N) is 1. The Morgan fingerprint density at radius 1 is 1.86 bits per heavy atom. The fourth-order valence-corrected chi connectivity index (χ4v) is 0.474. The number of aromatic amines is 1. The Kier molecular flexibility index (Phi) is 0.941. The summed E-state index contributed by atoms with van der Waals surface area (Å²) in [7, 11) is 0. The molecule has 0 bridgehead atoms. The van der Waals surface area contributed by atoms with E-state index in [1.54, 1.807) is 0 Å². The van der Waals surface area contributed by atoms with Crippen molar-refractivity contribution in [1.82, 2.24) is 9.97 Å². The van der Waals surface area contributed by atoms with Gasteiger partial charge in [0.05, 0.1) is 6.20 Å². The van der Waals surface area contributed by atoms with Crippen LogP contribution < -0.4 is 0 Å². The molecule has 2 N–H and O–H groups in total. The Bertz CT molecular complexity index is 145. The third-order valence-electron chi connectivity index (χ3n) is 0.549. The summed E-state index contributed by atoms with van der Waals surface area (Å²) in [6.45, 7) is 0. The van der Waals surface area contributed by atoms with Gasteiger partial charge in [-0.1, -0.05) is 0 Å². The van der Waals surface area contributed by atoms with Crippen LogP contribution in [0.3, 0.4) is 0 Å². The lowest BCUT2D eigenvalue weighted by molar-refractivity contribution is 0.454. The van der Waals surface area contributed by atoms with Gasteiger partial charge in [-0.15, -0.1) is 12.6 Å². The van der Waals surface area contributed by atoms with E-state index in [-0.39, 0.29) is 5.88 Å². The van der Waals surface area contributed by atoms with Crippen LogP contribution in [0.5, 0.6) is 5.88 Å². The second-order valence-corrected chi connectivity index (χ2v) is 1.52. The first kappa shape index (κ1) is 4.52. The largest absolute Gasteiger partial charge is 0.493 e. The summed E-state index contributed by atoms with van der Waals surface area (Å²) < 4.78 is 0. The van der Waals surface area contributed by atoms with Gasteiger partial charge in [-0.2, -0.15) is 0 Å². The van der Waals surface area contributed by atoms with E-state index in [0.29, 0.717) is 5.16 Å². The smallest absolute Gasteiger partial charge is 0.209 e. The van der Waals surface area contributed by atoms with Crippen LogP contribution in [-0.4, -0.2) is 15.1 Å². The van der Waals surface area contributed by atoms with E-state index in [4.69, 9.17) is 5.11 Å². The fourth-order valence-electron chi connectivity index (χ4n) is 0.301. The summed E-state index contributed by atoms with van der Waals surface area (Å²) in [5, 5.41) is 8.91.